The molecule has 0 spiro atoms. The maximum absolute atomic E-state index is 11.4. The molecular formula is C15H18N2O4. The van der Waals surface area contributed by atoms with E-state index in [-0.39, 0.29) is 12.3 Å². The van der Waals surface area contributed by atoms with E-state index in [0.29, 0.717) is 17.9 Å². The summed E-state index contributed by atoms with van der Waals surface area (Å²) < 4.78 is 5.14. The maximum atomic E-state index is 11.4. The van der Waals surface area contributed by atoms with Gasteiger partial charge in [-0.15, -0.1) is 0 Å². The number of rotatable bonds is 5. The number of carboxylic acids is 1. The third-order valence-corrected chi connectivity index (χ3v) is 3.51. The average molecular weight is 290 g/mol. The van der Waals surface area contributed by atoms with Gasteiger partial charge in [-0.3, -0.25) is 9.59 Å². The molecule has 1 aromatic rings. The van der Waals surface area contributed by atoms with Crippen LogP contribution in [-0.4, -0.2) is 29.1 Å². The second-order valence-electron chi connectivity index (χ2n) is 4.92. The highest BCUT2D eigenvalue weighted by Gasteiger charge is 2.19. The second-order valence-corrected chi connectivity index (χ2v) is 4.92. The Kier molecular flexibility index (Phi) is 4.16. The number of amides is 1. The minimum Gasteiger partial charge on any atom is -0.494 e. The number of carbonyl (C=O) groups excluding carboxylic acids is 1. The van der Waals surface area contributed by atoms with Crippen molar-refractivity contribution in [2.45, 2.75) is 26.7 Å². The van der Waals surface area contributed by atoms with Gasteiger partial charge in [0.2, 0.25) is 0 Å². The van der Waals surface area contributed by atoms with Crippen LogP contribution >= 0.6 is 0 Å². The molecule has 6 heteroatoms. The first-order valence-corrected chi connectivity index (χ1v) is 6.61. The van der Waals surface area contributed by atoms with Crippen molar-refractivity contribution >= 4 is 18.0 Å². The molecule has 2 heterocycles. The number of aromatic nitrogens is 1. The molecule has 2 rings (SSSR count). The van der Waals surface area contributed by atoms with E-state index in [2.05, 4.69) is 10.3 Å². The van der Waals surface area contributed by atoms with Crippen molar-refractivity contribution in [1.29, 1.82) is 0 Å². The van der Waals surface area contributed by atoms with E-state index in [4.69, 9.17) is 9.84 Å². The van der Waals surface area contributed by atoms with E-state index in [9.17, 15) is 9.59 Å². The summed E-state index contributed by atoms with van der Waals surface area (Å²) in [4.78, 5) is 25.3. The number of aryl methyl sites for hydroxylation is 1. The number of methoxy groups -OCH3 is 1. The van der Waals surface area contributed by atoms with Gasteiger partial charge in [0, 0.05) is 23.9 Å². The molecule has 6 nitrogen and oxygen atoms in total. The van der Waals surface area contributed by atoms with Gasteiger partial charge in [-0.05, 0) is 37.5 Å². The molecule has 1 aliphatic heterocycles. The number of nitrogens with one attached hydrogen (secondary N) is 2. The van der Waals surface area contributed by atoms with Crippen molar-refractivity contribution in [2.24, 2.45) is 0 Å². The summed E-state index contributed by atoms with van der Waals surface area (Å²) in [6.45, 7) is 3.84. The molecule has 1 aliphatic rings. The monoisotopic (exact) mass is 290 g/mol. The molecule has 0 saturated carbocycles. The minimum atomic E-state index is -0.817. The Labute approximate surface area is 122 Å². The third kappa shape index (κ3) is 3.16. The van der Waals surface area contributed by atoms with Gasteiger partial charge in [0.15, 0.2) is 0 Å². The van der Waals surface area contributed by atoms with Crippen LogP contribution in [-0.2, 0) is 20.7 Å². The molecule has 0 unspecified atom stereocenters. The number of H-pyrrole nitrogens is 1. The topological polar surface area (TPSA) is 91.4 Å². The van der Waals surface area contributed by atoms with Crippen LogP contribution in [0.25, 0.3) is 6.08 Å². The van der Waals surface area contributed by atoms with E-state index >= 15 is 0 Å². The van der Waals surface area contributed by atoms with Crippen molar-refractivity contribution < 1.29 is 19.4 Å². The Bertz CT molecular complexity index is 653. The van der Waals surface area contributed by atoms with Gasteiger partial charge in [0.05, 0.1) is 12.8 Å². The van der Waals surface area contributed by atoms with Crippen molar-refractivity contribution in [3.63, 3.8) is 0 Å². The standard InChI is InChI=1S/C15H18N2O4/c1-8-10(4-5-15(19)20)9(2)16-11(8)6-12-13(21-3)7-14(18)17-12/h6-7,16H,4-5H2,1-3H3,(H,17,18)(H,19,20)/b12-6-. The summed E-state index contributed by atoms with van der Waals surface area (Å²) >= 11 is 0. The summed E-state index contributed by atoms with van der Waals surface area (Å²) in [5, 5.41) is 11.5. The Hall–Kier alpha value is -2.50. The maximum Gasteiger partial charge on any atom is 0.303 e. The molecule has 1 amide bonds. The van der Waals surface area contributed by atoms with Crippen LogP contribution < -0.4 is 5.32 Å². The number of aromatic amines is 1. The van der Waals surface area contributed by atoms with Crippen LogP contribution in [0.1, 0.15) is 28.9 Å². The Morgan fingerprint density at radius 1 is 1.43 bits per heavy atom. The van der Waals surface area contributed by atoms with Crippen molar-refractivity contribution in [3.8, 4) is 0 Å². The van der Waals surface area contributed by atoms with Gasteiger partial charge < -0.3 is 20.1 Å². The van der Waals surface area contributed by atoms with Crippen molar-refractivity contribution in [2.75, 3.05) is 7.11 Å². The number of carbonyl (C=O) groups is 2. The van der Waals surface area contributed by atoms with Gasteiger partial charge in [0.25, 0.3) is 5.91 Å². The quantitative estimate of drug-likeness (QED) is 0.769. The normalized spacial score (nSPS) is 16.0. The van der Waals surface area contributed by atoms with Gasteiger partial charge in [-0.2, -0.15) is 0 Å². The molecule has 0 atom stereocenters. The van der Waals surface area contributed by atoms with E-state index in [1.54, 1.807) is 6.08 Å². The minimum absolute atomic E-state index is 0.0928. The smallest absolute Gasteiger partial charge is 0.303 e. The number of carboxylic acid groups (broad SMARTS) is 1. The first-order chi connectivity index (χ1) is 9.92. The van der Waals surface area contributed by atoms with Crippen molar-refractivity contribution in [1.82, 2.24) is 10.3 Å². The van der Waals surface area contributed by atoms with Gasteiger partial charge >= 0.3 is 5.97 Å². The molecular weight excluding hydrogens is 272 g/mol. The largest absolute Gasteiger partial charge is 0.494 e. The molecule has 3 N–H and O–H groups in total. The molecule has 0 aliphatic carbocycles. The van der Waals surface area contributed by atoms with Crippen LogP contribution in [0.3, 0.4) is 0 Å². The lowest BCUT2D eigenvalue weighted by atomic mass is 10.0. The predicted octanol–water partition coefficient (Wildman–Crippen LogP) is 1.65. The SMILES string of the molecule is COC1=CC(=O)N/C1=C\c1[nH]c(C)c(CCC(=O)O)c1C. The summed E-state index contributed by atoms with van der Waals surface area (Å²) in [6.07, 6.45) is 3.76. The zero-order valence-electron chi connectivity index (χ0n) is 12.2. The summed E-state index contributed by atoms with van der Waals surface area (Å²) in [5.41, 5.74) is 4.35. The summed E-state index contributed by atoms with van der Waals surface area (Å²) in [6, 6.07) is 0. The third-order valence-electron chi connectivity index (χ3n) is 3.51. The molecule has 0 radical (unpaired) electrons. The second kappa shape index (κ2) is 5.87. The van der Waals surface area contributed by atoms with Crippen LogP contribution in [0, 0.1) is 13.8 Å². The number of ether oxygens (including phenoxy) is 1. The van der Waals surface area contributed by atoms with Crippen LogP contribution in [0.2, 0.25) is 0 Å². The number of hydrogen-bond donors (Lipinski definition) is 3. The lowest BCUT2D eigenvalue weighted by Crippen LogP contribution is -2.13. The fourth-order valence-electron chi connectivity index (χ4n) is 2.41. The van der Waals surface area contributed by atoms with Gasteiger partial charge in [0.1, 0.15) is 5.76 Å². The summed E-state index contributed by atoms with van der Waals surface area (Å²) in [5.74, 6) is -0.550. The fraction of sp³-hybridized carbons (Fsp3) is 0.333. The van der Waals surface area contributed by atoms with Crippen LogP contribution in [0.5, 0.6) is 0 Å². The lowest BCUT2D eigenvalue weighted by Gasteiger charge is -2.04. The van der Waals surface area contributed by atoms with E-state index in [0.717, 1.165) is 22.5 Å². The van der Waals surface area contributed by atoms with Gasteiger partial charge in [-0.25, -0.2) is 0 Å². The Morgan fingerprint density at radius 3 is 2.76 bits per heavy atom. The zero-order chi connectivity index (χ0) is 15.6. The lowest BCUT2D eigenvalue weighted by molar-refractivity contribution is -0.137. The van der Waals surface area contributed by atoms with Crippen LogP contribution in [0.4, 0.5) is 0 Å². The zero-order valence-corrected chi connectivity index (χ0v) is 12.2. The van der Waals surface area contributed by atoms with Crippen molar-refractivity contribution in [3.05, 3.63) is 40.0 Å². The molecule has 0 aromatic carbocycles. The first kappa shape index (κ1) is 14.9. The highest BCUT2D eigenvalue weighted by atomic mass is 16.5. The number of aliphatic carboxylic acids is 1. The van der Waals surface area contributed by atoms with Gasteiger partial charge in [-0.1, -0.05) is 0 Å². The highest BCUT2D eigenvalue weighted by Crippen LogP contribution is 2.24. The molecule has 1 aromatic heterocycles. The van der Waals surface area contributed by atoms with Crippen LogP contribution in [0.15, 0.2) is 17.5 Å². The Balaban J connectivity index is 2.30. The van der Waals surface area contributed by atoms with E-state index < -0.39 is 5.97 Å². The Morgan fingerprint density at radius 2 is 2.14 bits per heavy atom. The first-order valence-electron chi connectivity index (χ1n) is 6.61. The average Bonchev–Trinajstić information content (AvgIpc) is 2.89. The fourth-order valence-corrected chi connectivity index (χ4v) is 2.41. The molecule has 0 saturated heterocycles. The number of hydrogen-bond acceptors (Lipinski definition) is 3. The molecule has 0 bridgehead atoms. The van der Waals surface area contributed by atoms with E-state index in [1.807, 2.05) is 13.8 Å². The molecule has 0 fully saturated rings. The molecule has 21 heavy (non-hydrogen) atoms. The summed E-state index contributed by atoms with van der Waals surface area (Å²) in [7, 11) is 1.51. The van der Waals surface area contributed by atoms with E-state index in [1.165, 1.54) is 13.2 Å². The predicted molar refractivity (Wildman–Crippen MR) is 77.4 cm³/mol. The molecule has 112 valence electrons. The highest BCUT2D eigenvalue weighted by molar-refractivity contribution is 5.95.